The molecular weight excluding hydrogens is 361 g/mol. The Morgan fingerprint density at radius 2 is 1.92 bits per heavy atom. The van der Waals surface area contributed by atoms with Crippen molar-refractivity contribution in [3.8, 4) is 11.6 Å². The van der Waals surface area contributed by atoms with Gasteiger partial charge in [0.25, 0.3) is 0 Å². The van der Waals surface area contributed by atoms with Crippen molar-refractivity contribution in [1.29, 1.82) is 0 Å². The summed E-state index contributed by atoms with van der Waals surface area (Å²) in [4.78, 5) is 11.1. The molecule has 1 heterocycles. The molecule has 1 N–H and O–H groups in total. The third-order valence-corrected chi connectivity index (χ3v) is 4.11. The second-order valence-corrected chi connectivity index (χ2v) is 6.94. The van der Waals surface area contributed by atoms with E-state index < -0.39 is 0 Å². The number of halogens is 2. The van der Waals surface area contributed by atoms with E-state index in [-0.39, 0.29) is 11.9 Å². The number of carbonyl (C=O) groups is 1. The molecule has 2 rings (SSSR count). The first kappa shape index (κ1) is 19.6. The molecule has 0 aliphatic rings. The summed E-state index contributed by atoms with van der Waals surface area (Å²) in [6, 6.07) is 5.24. The average Bonchev–Trinajstić information content (AvgIpc) is 2.83. The highest BCUT2D eigenvalue weighted by Gasteiger charge is 2.20. The fraction of sp³-hybridized carbons (Fsp3) is 0.444. The van der Waals surface area contributed by atoms with Gasteiger partial charge < -0.3 is 10.1 Å². The van der Waals surface area contributed by atoms with Crippen LogP contribution in [0.1, 0.15) is 45.0 Å². The molecule has 7 heteroatoms. The number of aromatic nitrogens is 2. The highest BCUT2D eigenvalue weighted by Crippen LogP contribution is 2.33. The maximum absolute atomic E-state index is 11.1. The fourth-order valence-electron chi connectivity index (χ4n) is 2.57. The van der Waals surface area contributed by atoms with E-state index in [0.717, 1.165) is 17.7 Å². The molecule has 0 aliphatic heterocycles. The van der Waals surface area contributed by atoms with E-state index in [1.54, 1.807) is 18.2 Å². The van der Waals surface area contributed by atoms with Gasteiger partial charge in [-0.2, -0.15) is 5.10 Å². The SMILES string of the molecule is CCc1c(CCNC(C)=O)nn(C(C)C)c1Oc1cc(Cl)cc(Cl)c1. The molecule has 0 saturated heterocycles. The molecule has 0 unspecified atom stereocenters. The molecule has 0 saturated carbocycles. The number of amides is 1. The number of hydrogen-bond acceptors (Lipinski definition) is 3. The van der Waals surface area contributed by atoms with Gasteiger partial charge in [-0.25, -0.2) is 4.68 Å². The molecule has 0 fully saturated rings. The molecule has 0 spiro atoms. The Morgan fingerprint density at radius 3 is 2.44 bits per heavy atom. The zero-order chi connectivity index (χ0) is 18.6. The Morgan fingerprint density at radius 1 is 1.28 bits per heavy atom. The molecule has 136 valence electrons. The number of rotatable bonds is 7. The lowest BCUT2D eigenvalue weighted by Gasteiger charge is -2.13. The van der Waals surface area contributed by atoms with Crippen molar-refractivity contribution in [3.63, 3.8) is 0 Å². The lowest BCUT2D eigenvalue weighted by molar-refractivity contribution is -0.118. The van der Waals surface area contributed by atoms with E-state index in [4.69, 9.17) is 33.0 Å². The Hall–Kier alpha value is -1.72. The molecule has 5 nitrogen and oxygen atoms in total. The Balaban J connectivity index is 2.36. The van der Waals surface area contributed by atoms with Gasteiger partial charge in [0.1, 0.15) is 5.75 Å². The van der Waals surface area contributed by atoms with Gasteiger partial charge in [0.2, 0.25) is 11.8 Å². The molecule has 0 radical (unpaired) electrons. The third kappa shape index (κ3) is 5.13. The number of nitrogens with one attached hydrogen (secondary N) is 1. The molecule has 25 heavy (non-hydrogen) atoms. The minimum atomic E-state index is -0.0496. The summed E-state index contributed by atoms with van der Waals surface area (Å²) in [6.45, 7) is 8.19. The second kappa shape index (κ2) is 8.59. The summed E-state index contributed by atoms with van der Waals surface area (Å²) in [6.07, 6.45) is 1.42. The van der Waals surface area contributed by atoms with Crippen molar-refractivity contribution in [2.24, 2.45) is 0 Å². The Labute approximate surface area is 158 Å². The molecule has 2 aromatic rings. The van der Waals surface area contributed by atoms with E-state index in [1.165, 1.54) is 6.92 Å². The number of carbonyl (C=O) groups excluding carboxylic acids is 1. The summed E-state index contributed by atoms with van der Waals surface area (Å²) in [7, 11) is 0. The molecule has 1 amide bonds. The minimum absolute atomic E-state index is 0.0496. The zero-order valence-corrected chi connectivity index (χ0v) is 16.4. The molecule has 1 aromatic heterocycles. The lowest BCUT2D eigenvalue weighted by Crippen LogP contribution is -2.22. The van der Waals surface area contributed by atoms with Gasteiger partial charge in [-0.1, -0.05) is 30.1 Å². The highest BCUT2D eigenvalue weighted by molar-refractivity contribution is 6.34. The molecular formula is C18H23Cl2N3O2. The van der Waals surface area contributed by atoms with Crippen LogP contribution < -0.4 is 10.1 Å². The van der Waals surface area contributed by atoms with Gasteiger partial charge in [-0.3, -0.25) is 4.79 Å². The van der Waals surface area contributed by atoms with Gasteiger partial charge >= 0.3 is 0 Å². The first-order valence-electron chi connectivity index (χ1n) is 8.30. The number of benzene rings is 1. The minimum Gasteiger partial charge on any atom is -0.439 e. The van der Waals surface area contributed by atoms with Crippen molar-refractivity contribution in [3.05, 3.63) is 39.5 Å². The predicted octanol–water partition coefficient (Wildman–Crippen LogP) is 4.80. The lowest BCUT2D eigenvalue weighted by atomic mass is 10.1. The van der Waals surface area contributed by atoms with Crippen molar-refractivity contribution in [2.45, 2.75) is 46.6 Å². The zero-order valence-electron chi connectivity index (χ0n) is 14.9. The van der Waals surface area contributed by atoms with E-state index in [9.17, 15) is 4.79 Å². The summed E-state index contributed by atoms with van der Waals surface area (Å²) in [5.41, 5.74) is 1.95. The van der Waals surface area contributed by atoms with E-state index >= 15 is 0 Å². The summed E-state index contributed by atoms with van der Waals surface area (Å²) >= 11 is 12.1. The van der Waals surface area contributed by atoms with E-state index in [1.807, 2.05) is 18.5 Å². The average molecular weight is 384 g/mol. The van der Waals surface area contributed by atoms with E-state index in [2.05, 4.69) is 12.2 Å². The summed E-state index contributed by atoms with van der Waals surface area (Å²) < 4.78 is 7.96. The van der Waals surface area contributed by atoms with Gasteiger partial charge in [0, 0.05) is 35.5 Å². The molecule has 1 aromatic carbocycles. The number of hydrogen-bond donors (Lipinski definition) is 1. The number of ether oxygens (including phenoxy) is 1. The second-order valence-electron chi connectivity index (χ2n) is 6.06. The standard InChI is InChI=1S/C18H23Cl2N3O2/c1-5-16-17(6-7-21-12(4)24)22-23(11(2)3)18(16)25-15-9-13(19)8-14(20)10-15/h8-11H,5-7H2,1-4H3,(H,21,24). The van der Waals surface area contributed by atoms with Crippen LogP contribution in [0.4, 0.5) is 0 Å². The van der Waals surface area contributed by atoms with Crippen LogP contribution in [-0.4, -0.2) is 22.2 Å². The van der Waals surface area contributed by atoms with Crippen LogP contribution in [0.5, 0.6) is 11.6 Å². The third-order valence-electron chi connectivity index (χ3n) is 3.67. The van der Waals surface area contributed by atoms with Crippen molar-refractivity contribution in [2.75, 3.05) is 6.54 Å². The maximum Gasteiger partial charge on any atom is 0.221 e. The van der Waals surface area contributed by atoms with Gasteiger partial charge in [0.15, 0.2) is 0 Å². The molecule has 0 bridgehead atoms. The van der Waals surface area contributed by atoms with Gasteiger partial charge in [-0.15, -0.1) is 0 Å². The van der Waals surface area contributed by atoms with Crippen LogP contribution in [0.3, 0.4) is 0 Å². The summed E-state index contributed by atoms with van der Waals surface area (Å²) in [5.74, 6) is 1.21. The van der Waals surface area contributed by atoms with Crippen LogP contribution in [-0.2, 0) is 17.6 Å². The quantitative estimate of drug-likeness (QED) is 0.746. The summed E-state index contributed by atoms with van der Waals surface area (Å²) in [5, 5.41) is 8.53. The normalized spacial score (nSPS) is 11.0. The first-order chi connectivity index (χ1) is 11.8. The van der Waals surface area contributed by atoms with Gasteiger partial charge in [-0.05, 0) is 38.5 Å². The van der Waals surface area contributed by atoms with Crippen molar-refractivity contribution < 1.29 is 9.53 Å². The highest BCUT2D eigenvalue weighted by atomic mass is 35.5. The van der Waals surface area contributed by atoms with Crippen molar-refractivity contribution >= 4 is 29.1 Å². The van der Waals surface area contributed by atoms with Gasteiger partial charge in [0.05, 0.1) is 11.7 Å². The monoisotopic (exact) mass is 383 g/mol. The van der Waals surface area contributed by atoms with Crippen LogP contribution in [0.15, 0.2) is 18.2 Å². The first-order valence-corrected chi connectivity index (χ1v) is 9.06. The van der Waals surface area contributed by atoms with Crippen LogP contribution >= 0.6 is 23.2 Å². The van der Waals surface area contributed by atoms with E-state index in [0.29, 0.717) is 34.6 Å². The smallest absolute Gasteiger partial charge is 0.221 e. The number of nitrogens with zero attached hydrogens (tertiary/aromatic N) is 2. The molecule has 0 aliphatic carbocycles. The maximum atomic E-state index is 11.1. The largest absolute Gasteiger partial charge is 0.439 e. The Kier molecular flexibility index (Phi) is 6.73. The van der Waals surface area contributed by atoms with Crippen LogP contribution in [0, 0.1) is 0 Å². The topological polar surface area (TPSA) is 56.2 Å². The van der Waals surface area contributed by atoms with Crippen LogP contribution in [0.2, 0.25) is 10.0 Å². The molecule has 0 atom stereocenters. The Bertz CT molecular complexity index is 737. The fourth-order valence-corrected chi connectivity index (χ4v) is 3.07. The van der Waals surface area contributed by atoms with Crippen molar-refractivity contribution in [1.82, 2.24) is 15.1 Å². The predicted molar refractivity (Wildman–Crippen MR) is 101 cm³/mol. The van der Waals surface area contributed by atoms with Crippen LogP contribution in [0.25, 0.3) is 0 Å².